The molecule has 1 N–H and O–H groups in total. The maximum atomic E-state index is 14.0. The number of hydrogen-bond acceptors (Lipinski definition) is 2. The van der Waals surface area contributed by atoms with Crippen LogP contribution in [0.25, 0.3) is 0 Å². The van der Waals surface area contributed by atoms with Crippen molar-refractivity contribution >= 4 is 23.2 Å². The fourth-order valence-electron chi connectivity index (χ4n) is 2.57. The Morgan fingerprint density at radius 1 is 1.39 bits per heavy atom. The van der Waals surface area contributed by atoms with Gasteiger partial charge in [0.05, 0.1) is 0 Å². The Morgan fingerprint density at radius 2 is 2.09 bits per heavy atom. The first-order valence-electron chi connectivity index (χ1n) is 7.28. The van der Waals surface area contributed by atoms with Gasteiger partial charge in [-0.05, 0) is 50.0 Å². The van der Waals surface area contributed by atoms with Crippen molar-refractivity contribution in [2.45, 2.75) is 37.6 Å². The number of carbonyl (C=O) groups excluding carboxylic acids is 1. The van der Waals surface area contributed by atoms with Crippen LogP contribution >= 0.6 is 11.6 Å². The van der Waals surface area contributed by atoms with E-state index in [4.69, 9.17) is 16.3 Å². The molecule has 0 unspecified atom stereocenters. The van der Waals surface area contributed by atoms with Crippen molar-refractivity contribution in [3.63, 3.8) is 0 Å². The van der Waals surface area contributed by atoms with Crippen LogP contribution in [-0.2, 0) is 15.1 Å². The minimum atomic E-state index is -4.74. The van der Waals surface area contributed by atoms with Crippen LogP contribution in [0, 0.1) is 5.92 Å². The predicted molar refractivity (Wildman–Crippen MR) is 80.2 cm³/mol. The van der Waals surface area contributed by atoms with E-state index in [1.165, 1.54) is 31.2 Å². The van der Waals surface area contributed by atoms with Gasteiger partial charge in [-0.25, -0.2) is 0 Å². The van der Waals surface area contributed by atoms with Crippen molar-refractivity contribution in [3.05, 3.63) is 40.9 Å². The molecule has 124 valence electrons. The minimum Gasteiger partial charge on any atom is -0.344 e. The van der Waals surface area contributed by atoms with Crippen molar-refractivity contribution in [1.82, 2.24) is 0 Å². The van der Waals surface area contributed by atoms with Gasteiger partial charge in [-0.3, -0.25) is 4.79 Å². The molecular weight excluding hydrogens is 331 g/mol. The average molecular weight is 346 g/mol. The van der Waals surface area contributed by atoms with E-state index in [1.807, 2.05) is 0 Å². The Labute approximate surface area is 136 Å². The van der Waals surface area contributed by atoms with Crippen molar-refractivity contribution in [2.75, 3.05) is 5.32 Å². The summed E-state index contributed by atoms with van der Waals surface area (Å²) < 4.78 is 47.3. The molecule has 0 bridgehead atoms. The maximum absolute atomic E-state index is 14.0. The van der Waals surface area contributed by atoms with Crippen molar-refractivity contribution in [2.24, 2.45) is 5.92 Å². The number of hydrogen-bond donors (Lipinski definition) is 1. The molecule has 0 aromatic heterocycles. The number of halogens is 4. The standard InChI is InChI=1S/C16H15ClF3NO2/c1-9-14(22)21-13-5-4-11(17)8-12(13)15(23-9,16(18,19)20)7-6-10-2-3-10/h4-10H,2-3H2,1H3,(H,21,22)/t9-,15-/m0/s1. The van der Waals surface area contributed by atoms with Crippen molar-refractivity contribution in [1.29, 1.82) is 0 Å². The first-order chi connectivity index (χ1) is 10.7. The lowest BCUT2D eigenvalue weighted by Crippen LogP contribution is -2.45. The van der Waals surface area contributed by atoms with Crippen LogP contribution in [0.1, 0.15) is 25.3 Å². The van der Waals surface area contributed by atoms with Gasteiger partial charge in [0.25, 0.3) is 5.91 Å². The number of carbonyl (C=O) groups is 1. The number of ether oxygens (including phenoxy) is 1. The monoisotopic (exact) mass is 345 g/mol. The number of nitrogens with one attached hydrogen (secondary N) is 1. The van der Waals surface area contributed by atoms with E-state index in [9.17, 15) is 18.0 Å². The topological polar surface area (TPSA) is 38.3 Å². The van der Waals surface area contributed by atoms with Crippen LogP contribution in [0.4, 0.5) is 18.9 Å². The SMILES string of the molecule is C[C@@H]1O[C@](C=CC2CC2)(C(F)(F)F)c2cc(Cl)ccc2NC1=O. The number of allylic oxidation sites excluding steroid dienone is 1. The second-order valence-corrected chi connectivity index (χ2v) is 6.31. The van der Waals surface area contributed by atoms with Crippen LogP contribution in [0.2, 0.25) is 5.02 Å². The number of amides is 1. The molecule has 1 amide bonds. The van der Waals surface area contributed by atoms with Gasteiger partial charge in [-0.15, -0.1) is 0 Å². The Morgan fingerprint density at radius 3 is 2.70 bits per heavy atom. The summed E-state index contributed by atoms with van der Waals surface area (Å²) in [6.07, 6.45) is -1.74. The zero-order valence-electron chi connectivity index (χ0n) is 12.3. The van der Waals surface area contributed by atoms with Gasteiger partial charge < -0.3 is 10.1 Å². The van der Waals surface area contributed by atoms with Gasteiger partial charge >= 0.3 is 6.18 Å². The Hall–Kier alpha value is -1.53. The van der Waals surface area contributed by atoms with E-state index in [1.54, 1.807) is 0 Å². The number of benzene rings is 1. The third kappa shape index (κ3) is 2.97. The molecule has 1 heterocycles. The van der Waals surface area contributed by atoms with E-state index < -0.39 is 23.8 Å². The van der Waals surface area contributed by atoms with E-state index in [2.05, 4.69) is 5.32 Å². The molecule has 3 rings (SSSR count). The Kier molecular flexibility index (Phi) is 3.92. The van der Waals surface area contributed by atoms with Gasteiger partial charge in [-0.2, -0.15) is 13.2 Å². The summed E-state index contributed by atoms with van der Waals surface area (Å²) in [6.45, 7) is 1.30. The van der Waals surface area contributed by atoms with Gasteiger partial charge in [0.1, 0.15) is 6.10 Å². The molecule has 1 saturated carbocycles. The summed E-state index contributed by atoms with van der Waals surface area (Å²) in [5.74, 6) is -0.498. The lowest BCUT2D eigenvalue weighted by atomic mass is 9.90. The number of rotatable bonds is 2. The minimum absolute atomic E-state index is 0.0570. The summed E-state index contributed by atoms with van der Waals surface area (Å²) in [6, 6.07) is 3.99. The highest BCUT2D eigenvalue weighted by Crippen LogP contribution is 2.49. The van der Waals surface area contributed by atoms with E-state index in [0.717, 1.165) is 18.9 Å². The normalized spacial score (nSPS) is 28.4. The smallest absolute Gasteiger partial charge is 0.344 e. The first kappa shape index (κ1) is 16.3. The molecule has 1 fully saturated rings. The lowest BCUT2D eigenvalue weighted by Gasteiger charge is -2.34. The largest absolute Gasteiger partial charge is 0.425 e. The molecule has 23 heavy (non-hydrogen) atoms. The highest BCUT2D eigenvalue weighted by molar-refractivity contribution is 6.30. The summed E-state index contributed by atoms with van der Waals surface area (Å²) in [4.78, 5) is 12.0. The van der Waals surface area contributed by atoms with Crippen LogP contribution in [0.3, 0.4) is 0 Å². The fourth-order valence-corrected chi connectivity index (χ4v) is 2.74. The highest BCUT2D eigenvalue weighted by atomic mass is 35.5. The molecule has 1 aromatic rings. The molecule has 0 spiro atoms. The highest BCUT2D eigenvalue weighted by Gasteiger charge is 2.59. The van der Waals surface area contributed by atoms with Gasteiger partial charge in [0.2, 0.25) is 5.60 Å². The fraction of sp³-hybridized carbons (Fsp3) is 0.438. The van der Waals surface area contributed by atoms with Gasteiger partial charge in [0, 0.05) is 16.3 Å². The summed E-state index contributed by atoms with van der Waals surface area (Å²) >= 11 is 5.90. The summed E-state index contributed by atoms with van der Waals surface area (Å²) in [5.41, 5.74) is -2.84. The maximum Gasteiger partial charge on any atom is 0.425 e. The zero-order chi connectivity index (χ0) is 16.8. The first-order valence-corrected chi connectivity index (χ1v) is 7.65. The van der Waals surface area contributed by atoms with E-state index in [-0.39, 0.29) is 22.2 Å². The van der Waals surface area contributed by atoms with Crippen molar-refractivity contribution < 1.29 is 22.7 Å². The third-order valence-corrected chi connectivity index (χ3v) is 4.25. The number of anilines is 1. The van der Waals surface area contributed by atoms with Crippen LogP contribution in [0.15, 0.2) is 30.4 Å². The molecule has 7 heteroatoms. The quantitative estimate of drug-likeness (QED) is 0.806. The molecule has 3 nitrogen and oxygen atoms in total. The number of alkyl halides is 3. The molecule has 0 saturated heterocycles. The molecule has 0 radical (unpaired) electrons. The van der Waals surface area contributed by atoms with E-state index in [0.29, 0.717) is 0 Å². The predicted octanol–water partition coefficient (Wildman–Crippen LogP) is 4.42. The second-order valence-electron chi connectivity index (χ2n) is 5.87. The third-order valence-electron chi connectivity index (χ3n) is 4.02. The summed E-state index contributed by atoms with van der Waals surface area (Å²) in [7, 11) is 0. The number of fused-ring (bicyclic) bond motifs is 1. The molecule has 2 atom stereocenters. The Bertz CT molecular complexity index is 670. The molecule has 1 aliphatic heterocycles. The molecule has 1 aromatic carbocycles. The van der Waals surface area contributed by atoms with E-state index >= 15 is 0 Å². The van der Waals surface area contributed by atoms with Crippen molar-refractivity contribution in [3.8, 4) is 0 Å². The molecular formula is C16H15ClF3NO2. The van der Waals surface area contributed by atoms with Crippen LogP contribution < -0.4 is 5.32 Å². The molecule has 2 aliphatic rings. The second kappa shape index (κ2) is 5.53. The molecule has 1 aliphatic carbocycles. The summed E-state index contributed by atoms with van der Waals surface area (Å²) in [5, 5.41) is 2.62. The zero-order valence-corrected chi connectivity index (χ0v) is 13.0. The van der Waals surface area contributed by atoms with Gasteiger partial charge in [-0.1, -0.05) is 17.7 Å². The average Bonchev–Trinajstić information content (AvgIpc) is 3.27. The lowest BCUT2D eigenvalue weighted by molar-refractivity contribution is -0.271. The van der Waals surface area contributed by atoms with Gasteiger partial charge in [0.15, 0.2) is 0 Å². The van der Waals surface area contributed by atoms with Crippen LogP contribution in [0.5, 0.6) is 0 Å². The van der Waals surface area contributed by atoms with Crippen LogP contribution in [-0.4, -0.2) is 18.2 Å². The Balaban J connectivity index is 2.22.